The molecule has 0 unspecified atom stereocenters. The Bertz CT molecular complexity index is 175. The van der Waals surface area contributed by atoms with Gasteiger partial charge in [-0.2, -0.15) is 0 Å². The monoisotopic (exact) mass is 496 g/mol. The fraction of sp³-hybridized carbons (Fsp3) is 0.889. The fourth-order valence-corrected chi connectivity index (χ4v) is 21.7. The minimum atomic E-state index is -0.983. The van der Waals surface area contributed by atoms with Crippen LogP contribution in [0.4, 0.5) is 0 Å². The molecule has 0 heterocycles. The Labute approximate surface area is 144 Å². The van der Waals surface area contributed by atoms with Crippen LogP contribution >= 0.6 is 0 Å². The van der Waals surface area contributed by atoms with Crippen LogP contribution in [0.2, 0.25) is 17.5 Å². The molecule has 0 aliphatic carbocycles. The van der Waals surface area contributed by atoms with E-state index >= 15 is 0 Å². The third-order valence-corrected chi connectivity index (χ3v) is 19.2. The summed E-state index contributed by atoms with van der Waals surface area (Å²) in [5.41, 5.74) is 0. The van der Waals surface area contributed by atoms with Crippen LogP contribution < -0.4 is 0 Å². The summed E-state index contributed by atoms with van der Waals surface area (Å²) in [6.07, 6.45) is 11.6. The molecular weight excluding hydrogens is 460 g/mol. The van der Waals surface area contributed by atoms with Gasteiger partial charge >= 0.3 is 145 Å². The third kappa shape index (κ3) is 13.1. The fourth-order valence-electron chi connectivity index (χ4n) is 2.16. The van der Waals surface area contributed by atoms with E-state index in [2.05, 4.69) is 35.7 Å². The molecule has 0 radical (unpaired) electrons. The van der Waals surface area contributed by atoms with Crippen LogP contribution in [0.5, 0.6) is 0 Å². The zero-order valence-corrected chi connectivity index (χ0v) is 19.6. The molecule has 0 saturated carbocycles. The van der Waals surface area contributed by atoms with E-state index in [4.69, 9.17) is 0 Å². The molecule has 120 valence electrons. The van der Waals surface area contributed by atoms with E-state index in [1.165, 1.54) is 51.4 Å². The Morgan fingerprint density at radius 3 is 0.950 bits per heavy atom. The van der Waals surface area contributed by atoms with Crippen molar-refractivity contribution in [1.82, 2.24) is 0 Å². The second kappa shape index (κ2) is 16.7. The first-order valence-corrected chi connectivity index (χ1v) is 19.1. The average Bonchev–Trinajstić information content (AvgIpc) is 2.48. The minimum absolute atomic E-state index is 0.983. The van der Waals surface area contributed by atoms with Crippen molar-refractivity contribution in [3.63, 3.8) is 0 Å². The number of hydrogen-bond acceptors (Lipinski definition) is 0. The van der Waals surface area contributed by atoms with Crippen molar-refractivity contribution in [2.24, 2.45) is 0 Å². The second-order valence-electron chi connectivity index (χ2n) is 5.78. The zero-order chi connectivity index (χ0) is 15.1. The SMILES string of the molecule is CCC[CH2][Sb](/[CH]=[CH]/[Sb]([CH2]CCC)[CH2]CCC)[CH2]CCC. The first-order valence-electron chi connectivity index (χ1n) is 8.94. The van der Waals surface area contributed by atoms with Gasteiger partial charge in [-0.05, 0) is 0 Å². The van der Waals surface area contributed by atoms with Crippen LogP contribution in [0.3, 0.4) is 0 Å². The first kappa shape index (κ1) is 21.4. The van der Waals surface area contributed by atoms with E-state index < -0.39 is 40.4 Å². The number of rotatable bonds is 14. The van der Waals surface area contributed by atoms with Gasteiger partial charge in [0.1, 0.15) is 0 Å². The quantitative estimate of drug-likeness (QED) is 0.231. The molecule has 0 aromatic rings. The van der Waals surface area contributed by atoms with Gasteiger partial charge in [-0.25, -0.2) is 0 Å². The maximum absolute atomic E-state index is 2.85. The van der Waals surface area contributed by atoms with Crippen molar-refractivity contribution in [3.8, 4) is 0 Å². The summed E-state index contributed by atoms with van der Waals surface area (Å²) in [4.78, 5) is 0. The van der Waals surface area contributed by atoms with E-state index in [0.717, 1.165) is 0 Å². The molecule has 0 amide bonds. The molecule has 0 spiro atoms. The van der Waals surface area contributed by atoms with E-state index in [0.29, 0.717) is 0 Å². The first-order chi connectivity index (χ1) is 9.78. The molecule has 2 heteroatoms. The number of hydrogen-bond donors (Lipinski definition) is 0. The summed E-state index contributed by atoms with van der Waals surface area (Å²) >= 11 is -1.97. The zero-order valence-electron chi connectivity index (χ0n) is 14.5. The molecule has 0 saturated heterocycles. The summed E-state index contributed by atoms with van der Waals surface area (Å²) in [7, 11) is 0. The summed E-state index contributed by atoms with van der Waals surface area (Å²) in [5, 5.41) is 0. The standard InChI is InChI=1S/4C4H9.C2H2.2Sb/c4*1-3-4-2;1-2;;/h4*1,3-4H2,2H3;1-2H;;. The topological polar surface area (TPSA) is 0 Å². The predicted octanol–water partition coefficient (Wildman–Crippen LogP) is 6.81. The third-order valence-electron chi connectivity index (χ3n) is 3.68. The van der Waals surface area contributed by atoms with Gasteiger partial charge in [-0.1, -0.05) is 0 Å². The van der Waals surface area contributed by atoms with Crippen LogP contribution in [-0.4, -0.2) is 40.4 Å². The second-order valence-corrected chi connectivity index (χ2v) is 19.3. The molecule has 0 N–H and O–H groups in total. The van der Waals surface area contributed by atoms with E-state index in [-0.39, 0.29) is 0 Å². The molecule has 0 aliphatic heterocycles. The van der Waals surface area contributed by atoms with Crippen LogP contribution in [0.1, 0.15) is 79.1 Å². The summed E-state index contributed by atoms with van der Waals surface area (Å²) in [6.45, 7) is 9.41. The van der Waals surface area contributed by atoms with Gasteiger partial charge in [0, 0.05) is 0 Å². The van der Waals surface area contributed by atoms with Crippen molar-refractivity contribution in [2.75, 3.05) is 0 Å². The van der Waals surface area contributed by atoms with E-state index in [1.807, 2.05) is 0 Å². The molecular formula is C18H38Sb2. The van der Waals surface area contributed by atoms with Crippen LogP contribution in [0, 0.1) is 0 Å². The molecule has 0 aliphatic rings. The normalized spacial score (nSPS) is 12.1. The molecule has 20 heavy (non-hydrogen) atoms. The van der Waals surface area contributed by atoms with E-state index in [1.54, 1.807) is 17.5 Å². The van der Waals surface area contributed by atoms with Gasteiger partial charge in [0.2, 0.25) is 0 Å². The molecule has 0 aromatic heterocycles. The Morgan fingerprint density at radius 1 is 0.500 bits per heavy atom. The maximum atomic E-state index is 2.85. The molecule has 0 atom stereocenters. The molecule has 0 fully saturated rings. The van der Waals surface area contributed by atoms with Gasteiger partial charge in [-0.3, -0.25) is 0 Å². The molecule has 0 nitrogen and oxygen atoms in total. The summed E-state index contributed by atoms with van der Waals surface area (Å²) < 4.78 is 12.2. The van der Waals surface area contributed by atoms with Gasteiger partial charge in [0.05, 0.1) is 0 Å². The van der Waals surface area contributed by atoms with Crippen LogP contribution in [-0.2, 0) is 0 Å². The number of unbranched alkanes of at least 4 members (excludes halogenated alkanes) is 4. The van der Waals surface area contributed by atoms with Crippen LogP contribution in [0.25, 0.3) is 0 Å². The van der Waals surface area contributed by atoms with Gasteiger partial charge in [-0.15, -0.1) is 0 Å². The summed E-state index contributed by atoms with van der Waals surface area (Å²) in [6, 6.07) is 0. The summed E-state index contributed by atoms with van der Waals surface area (Å²) in [5.74, 6) is 0. The van der Waals surface area contributed by atoms with Crippen molar-refractivity contribution in [3.05, 3.63) is 8.05 Å². The van der Waals surface area contributed by atoms with Crippen molar-refractivity contribution in [2.45, 2.75) is 96.5 Å². The average molecular weight is 498 g/mol. The molecule has 0 bridgehead atoms. The Balaban J connectivity index is 4.30. The van der Waals surface area contributed by atoms with E-state index in [9.17, 15) is 0 Å². The Kier molecular flexibility index (Phi) is 17.9. The Hall–Kier alpha value is 1.38. The molecule has 0 aromatic carbocycles. The predicted molar refractivity (Wildman–Crippen MR) is 99.5 cm³/mol. The van der Waals surface area contributed by atoms with Crippen molar-refractivity contribution < 1.29 is 0 Å². The Morgan fingerprint density at radius 2 is 0.750 bits per heavy atom. The van der Waals surface area contributed by atoms with Crippen molar-refractivity contribution in [1.29, 1.82) is 0 Å². The van der Waals surface area contributed by atoms with Gasteiger partial charge < -0.3 is 0 Å². The van der Waals surface area contributed by atoms with Gasteiger partial charge in [0.15, 0.2) is 0 Å². The van der Waals surface area contributed by atoms with Crippen molar-refractivity contribution >= 4 is 40.4 Å². The van der Waals surface area contributed by atoms with Crippen LogP contribution in [0.15, 0.2) is 8.05 Å². The molecule has 0 rings (SSSR count). The van der Waals surface area contributed by atoms with Gasteiger partial charge in [0.25, 0.3) is 0 Å².